The molecule has 2 N–H and O–H groups in total. The maximum absolute atomic E-state index is 12.8. The van der Waals surface area contributed by atoms with Gasteiger partial charge in [-0.2, -0.15) is 5.10 Å². The molecule has 8 heteroatoms. The average Bonchev–Trinajstić information content (AvgIpc) is 3.22. The fourth-order valence-corrected chi connectivity index (χ4v) is 3.89. The number of hydrogen-bond donors (Lipinski definition) is 2. The Bertz CT molecular complexity index is 1170. The number of anilines is 2. The molecule has 0 saturated carbocycles. The van der Waals surface area contributed by atoms with E-state index in [0.717, 1.165) is 29.8 Å². The highest BCUT2D eigenvalue weighted by molar-refractivity contribution is 6.05. The molecule has 2 aromatic heterocycles. The first-order chi connectivity index (χ1) is 14.8. The lowest BCUT2D eigenvalue weighted by Gasteiger charge is -2.15. The predicted molar refractivity (Wildman–Crippen MR) is 118 cm³/mol. The second-order valence-electron chi connectivity index (χ2n) is 8.49. The second kappa shape index (κ2) is 7.86. The summed E-state index contributed by atoms with van der Waals surface area (Å²) in [5, 5.41) is 10.0. The zero-order valence-electron chi connectivity index (χ0n) is 18.0. The van der Waals surface area contributed by atoms with Gasteiger partial charge in [-0.15, -0.1) is 0 Å². The van der Waals surface area contributed by atoms with Crippen LogP contribution < -0.4 is 15.4 Å². The summed E-state index contributed by atoms with van der Waals surface area (Å²) in [6, 6.07) is 8.54. The van der Waals surface area contributed by atoms with Crippen LogP contribution in [0.15, 0.2) is 42.7 Å². The van der Waals surface area contributed by atoms with Crippen LogP contribution in [0.2, 0.25) is 0 Å². The van der Waals surface area contributed by atoms with Gasteiger partial charge in [-0.3, -0.25) is 14.3 Å². The van der Waals surface area contributed by atoms with Gasteiger partial charge in [0.25, 0.3) is 5.91 Å². The van der Waals surface area contributed by atoms with Crippen LogP contribution >= 0.6 is 0 Å². The van der Waals surface area contributed by atoms with E-state index < -0.39 is 0 Å². The number of rotatable bonds is 5. The van der Waals surface area contributed by atoms with Gasteiger partial charge in [0.2, 0.25) is 5.91 Å². The van der Waals surface area contributed by atoms with Gasteiger partial charge in [-0.05, 0) is 36.1 Å². The summed E-state index contributed by atoms with van der Waals surface area (Å²) >= 11 is 0. The summed E-state index contributed by atoms with van der Waals surface area (Å²) in [4.78, 5) is 28.4. The molecule has 0 atom stereocenters. The SMILES string of the molecule is COc1cnc(NC(=O)c2cccc(NC(C)=O)c2)cc1-c1cnn2c1CC(C)(C)C2. The molecule has 31 heavy (non-hydrogen) atoms. The van der Waals surface area contributed by atoms with E-state index in [1.165, 1.54) is 6.92 Å². The molecule has 8 nitrogen and oxygen atoms in total. The van der Waals surface area contributed by atoms with Crippen molar-refractivity contribution >= 4 is 23.3 Å². The van der Waals surface area contributed by atoms with Crippen molar-refractivity contribution in [2.24, 2.45) is 5.41 Å². The lowest BCUT2D eigenvalue weighted by Crippen LogP contribution is -2.14. The first-order valence-electron chi connectivity index (χ1n) is 10.0. The minimum atomic E-state index is -0.322. The quantitative estimate of drug-likeness (QED) is 0.656. The van der Waals surface area contributed by atoms with E-state index in [2.05, 4.69) is 34.6 Å². The number of ether oxygens (including phenoxy) is 1. The number of aromatic nitrogens is 3. The van der Waals surface area contributed by atoms with Crippen LogP contribution in [-0.2, 0) is 17.8 Å². The molecule has 1 aliphatic heterocycles. The molecule has 3 aromatic rings. The fraction of sp³-hybridized carbons (Fsp3) is 0.304. The van der Waals surface area contributed by atoms with E-state index >= 15 is 0 Å². The summed E-state index contributed by atoms with van der Waals surface area (Å²) in [6.07, 6.45) is 4.35. The number of carbonyl (C=O) groups excluding carboxylic acids is 2. The van der Waals surface area contributed by atoms with Gasteiger partial charge in [0, 0.05) is 41.5 Å². The van der Waals surface area contributed by atoms with E-state index in [0.29, 0.717) is 22.8 Å². The number of nitrogens with zero attached hydrogens (tertiary/aromatic N) is 3. The molecule has 4 rings (SSSR count). The number of carbonyl (C=O) groups is 2. The lowest BCUT2D eigenvalue weighted by atomic mass is 9.89. The molecule has 2 amide bonds. The molecule has 0 unspecified atom stereocenters. The van der Waals surface area contributed by atoms with Crippen molar-refractivity contribution in [3.63, 3.8) is 0 Å². The highest BCUT2D eigenvalue weighted by atomic mass is 16.5. The van der Waals surface area contributed by atoms with Gasteiger partial charge in [0.05, 0.1) is 19.5 Å². The maximum Gasteiger partial charge on any atom is 0.256 e. The number of pyridine rings is 1. The van der Waals surface area contributed by atoms with E-state index in [1.54, 1.807) is 43.6 Å². The standard InChI is InChI=1S/C23H25N5O3/c1-14(29)26-16-7-5-6-15(8-16)22(30)27-21-9-17(20(31-4)12-24-21)18-11-25-28-13-23(2,3)10-19(18)28/h5-9,11-12H,10,13H2,1-4H3,(H,26,29)(H,24,27,30). The minimum Gasteiger partial charge on any atom is -0.494 e. The van der Waals surface area contributed by atoms with Gasteiger partial charge < -0.3 is 15.4 Å². The third-order valence-corrected chi connectivity index (χ3v) is 5.24. The van der Waals surface area contributed by atoms with E-state index in [9.17, 15) is 9.59 Å². The summed E-state index contributed by atoms with van der Waals surface area (Å²) in [7, 11) is 1.60. The number of methoxy groups -OCH3 is 1. The number of hydrogen-bond acceptors (Lipinski definition) is 5. The molecular weight excluding hydrogens is 394 g/mol. The van der Waals surface area contributed by atoms with Gasteiger partial charge >= 0.3 is 0 Å². The van der Waals surface area contributed by atoms with E-state index in [4.69, 9.17) is 4.74 Å². The zero-order chi connectivity index (χ0) is 22.2. The Morgan fingerprint density at radius 2 is 1.94 bits per heavy atom. The number of benzene rings is 1. The maximum atomic E-state index is 12.8. The largest absolute Gasteiger partial charge is 0.494 e. The topological polar surface area (TPSA) is 98.1 Å². The van der Waals surface area contributed by atoms with Gasteiger partial charge in [0.15, 0.2) is 0 Å². The van der Waals surface area contributed by atoms with Crippen LogP contribution in [0.1, 0.15) is 36.8 Å². The first-order valence-corrected chi connectivity index (χ1v) is 10.0. The van der Waals surface area contributed by atoms with Crippen molar-refractivity contribution in [1.82, 2.24) is 14.8 Å². The van der Waals surface area contributed by atoms with Gasteiger partial charge in [-0.25, -0.2) is 4.98 Å². The van der Waals surface area contributed by atoms with Crippen LogP contribution in [0.3, 0.4) is 0 Å². The average molecular weight is 419 g/mol. The summed E-state index contributed by atoms with van der Waals surface area (Å²) in [5.41, 5.74) is 4.08. The second-order valence-corrected chi connectivity index (χ2v) is 8.49. The third kappa shape index (κ3) is 4.28. The Balaban J connectivity index is 1.62. The van der Waals surface area contributed by atoms with Crippen molar-refractivity contribution in [2.75, 3.05) is 17.7 Å². The van der Waals surface area contributed by atoms with Crippen molar-refractivity contribution in [1.29, 1.82) is 0 Å². The molecule has 1 aromatic carbocycles. The molecule has 1 aliphatic rings. The van der Waals surface area contributed by atoms with Gasteiger partial charge in [-0.1, -0.05) is 19.9 Å². The Hall–Kier alpha value is -3.68. The Kier molecular flexibility index (Phi) is 5.22. The molecule has 160 valence electrons. The Morgan fingerprint density at radius 3 is 2.68 bits per heavy atom. The van der Waals surface area contributed by atoms with Crippen molar-refractivity contribution < 1.29 is 14.3 Å². The molecule has 0 spiro atoms. The van der Waals surface area contributed by atoms with Crippen LogP contribution in [0.25, 0.3) is 11.1 Å². The summed E-state index contributed by atoms with van der Waals surface area (Å²) in [5.74, 6) is 0.502. The highest BCUT2D eigenvalue weighted by Gasteiger charge is 2.32. The zero-order valence-corrected chi connectivity index (χ0v) is 18.0. The van der Waals surface area contributed by atoms with E-state index in [-0.39, 0.29) is 17.2 Å². The number of amides is 2. The first kappa shape index (κ1) is 20.6. The predicted octanol–water partition coefficient (Wildman–Crippen LogP) is 3.75. The van der Waals surface area contributed by atoms with Crippen molar-refractivity contribution in [3.8, 4) is 16.9 Å². The molecule has 0 aliphatic carbocycles. The van der Waals surface area contributed by atoms with Crippen molar-refractivity contribution in [3.05, 3.63) is 54.0 Å². The summed E-state index contributed by atoms with van der Waals surface area (Å²) in [6.45, 7) is 6.72. The molecule has 0 saturated heterocycles. The number of fused-ring (bicyclic) bond motifs is 1. The van der Waals surface area contributed by atoms with Crippen LogP contribution in [0.4, 0.5) is 11.5 Å². The number of nitrogens with one attached hydrogen (secondary N) is 2. The van der Waals surface area contributed by atoms with Gasteiger partial charge in [0.1, 0.15) is 11.6 Å². The monoisotopic (exact) mass is 419 g/mol. The molecule has 3 heterocycles. The molecule has 0 fully saturated rings. The van der Waals surface area contributed by atoms with Crippen molar-refractivity contribution in [2.45, 2.75) is 33.7 Å². The van der Waals surface area contributed by atoms with Crippen LogP contribution in [0.5, 0.6) is 5.75 Å². The molecular formula is C23H25N5O3. The fourth-order valence-electron chi connectivity index (χ4n) is 3.89. The molecule has 0 radical (unpaired) electrons. The highest BCUT2D eigenvalue weighted by Crippen LogP contribution is 2.40. The smallest absolute Gasteiger partial charge is 0.256 e. The Morgan fingerprint density at radius 1 is 1.13 bits per heavy atom. The summed E-state index contributed by atoms with van der Waals surface area (Å²) < 4.78 is 7.55. The third-order valence-electron chi connectivity index (χ3n) is 5.24. The minimum absolute atomic E-state index is 0.147. The normalized spacial score (nSPS) is 14.1. The lowest BCUT2D eigenvalue weighted by molar-refractivity contribution is -0.114. The molecule has 0 bridgehead atoms. The Labute approximate surface area is 180 Å². The van der Waals surface area contributed by atoms with Crippen LogP contribution in [-0.4, -0.2) is 33.7 Å². The van der Waals surface area contributed by atoms with E-state index in [1.807, 2.05) is 10.9 Å². The van der Waals surface area contributed by atoms with Crippen LogP contribution in [0, 0.1) is 5.41 Å².